The molecule has 2 aliphatic rings. The Morgan fingerprint density at radius 2 is 2.00 bits per heavy atom. The topological polar surface area (TPSA) is 65.7 Å². The van der Waals surface area contributed by atoms with Crippen LogP contribution in [0.2, 0.25) is 0 Å². The molecule has 4 rings (SSSR count). The summed E-state index contributed by atoms with van der Waals surface area (Å²) in [5, 5.41) is 4.03. The molecule has 7 heteroatoms. The number of hydrogen-bond donors (Lipinski definition) is 0. The first-order valence-electron chi connectivity index (χ1n) is 9.49. The summed E-state index contributed by atoms with van der Waals surface area (Å²) in [7, 11) is 3.66. The highest BCUT2D eigenvalue weighted by molar-refractivity contribution is 5.75. The van der Waals surface area contributed by atoms with Gasteiger partial charge in [0.15, 0.2) is 5.82 Å². The predicted octanol–water partition coefficient (Wildman–Crippen LogP) is 2.47. The van der Waals surface area contributed by atoms with Crippen molar-refractivity contribution < 1.29 is 9.32 Å². The second-order valence-corrected chi connectivity index (χ2v) is 7.98. The molecule has 3 heterocycles. The maximum absolute atomic E-state index is 12.9. The standard InChI is InChI=1S/C20H27N5O2/c1-13-7-5-6-8-16(13)19-17-11-24(12-18-21-14(2)27-22-18)9-15(17)10-25(19)20(26)23(3)4/h5-8,15,17,19H,9-12H2,1-4H3/t15-,17-,19+/m1/s1. The van der Waals surface area contributed by atoms with E-state index in [1.54, 1.807) is 4.90 Å². The van der Waals surface area contributed by atoms with Gasteiger partial charge in [0.25, 0.3) is 0 Å². The summed E-state index contributed by atoms with van der Waals surface area (Å²) in [6.45, 7) is 7.34. The van der Waals surface area contributed by atoms with Gasteiger partial charge in [-0.2, -0.15) is 4.98 Å². The van der Waals surface area contributed by atoms with Crippen LogP contribution < -0.4 is 0 Å². The Morgan fingerprint density at radius 3 is 2.67 bits per heavy atom. The van der Waals surface area contributed by atoms with E-state index in [0.717, 1.165) is 25.5 Å². The summed E-state index contributed by atoms with van der Waals surface area (Å²) in [6, 6.07) is 8.64. The lowest BCUT2D eigenvalue weighted by molar-refractivity contribution is 0.151. The largest absolute Gasteiger partial charge is 0.340 e. The first-order chi connectivity index (χ1) is 12.9. The molecular weight excluding hydrogens is 342 g/mol. The quantitative estimate of drug-likeness (QED) is 0.832. The number of carbonyl (C=O) groups excluding carboxylic acids is 1. The van der Waals surface area contributed by atoms with E-state index in [-0.39, 0.29) is 12.1 Å². The van der Waals surface area contributed by atoms with Crippen molar-refractivity contribution in [1.82, 2.24) is 24.8 Å². The van der Waals surface area contributed by atoms with E-state index in [4.69, 9.17) is 4.52 Å². The maximum atomic E-state index is 12.9. The number of benzene rings is 1. The summed E-state index contributed by atoms with van der Waals surface area (Å²) in [6.07, 6.45) is 0. The maximum Gasteiger partial charge on any atom is 0.320 e. The Balaban J connectivity index is 1.59. The van der Waals surface area contributed by atoms with Crippen LogP contribution in [-0.4, -0.2) is 64.6 Å². The molecule has 1 aromatic carbocycles. The van der Waals surface area contributed by atoms with E-state index in [1.165, 1.54) is 11.1 Å². The van der Waals surface area contributed by atoms with E-state index in [9.17, 15) is 4.79 Å². The van der Waals surface area contributed by atoms with Crippen molar-refractivity contribution in [2.24, 2.45) is 11.8 Å². The number of likely N-dealkylation sites (tertiary alicyclic amines) is 2. The minimum atomic E-state index is 0.0954. The third kappa shape index (κ3) is 3.32. The van der Waals surface area contributed by atoms with Crippen LogP contribution in [0.4, 0.5) is 4.79 Å². The molecule has 3 atom stereocenters. The molecule has 0 aliphatic carbocycles. The highest BCUT2D eigenvalue weighted by Gasteiger charge is 2.49. The fraction of sp³-hybridized carbons (Fsp3) is 0.550. The molecule has 0 bridgehead atoms. The second kappa shape index (κ2) is 6.96. The SMILES string of the molecule is Cc1nc(CN2C[C@@H]3CN(C(=O)N(C)C)[C@@H](c4ccccc4C)[C@@H]3C2)no1. The molecule has 144 valence electrons. The number of rotatable bonds is 3. The van der Waals surface area contributed by atoms with Gasteiger partial charge in [0.2, 0.25) is 5.89 Å². The van der Waals surface area contributed by atoms with Gasteiger partial charge < -0.3 is 14.3 Å². The lowest BCUT2D eigenvalue weighted by Crippen LogP contribution is -2.41. The van der Waals surface area contributed by atoms with Crippen LogP contribution in [0, 0.1) is 25.7 Å². The molecule has 0 radical (unpaired) electrons. The third-order valence-corrected chi connectivity index (χ3v) is 5.81. The van der Waals surface area contributed by atoms with Crippen LogP contribution in [0.1, 0.15) is 28.9 Å². The Labute approximate surface area is 159 Å². The molecule has 7 nitrogen and oxygen atoms in total. The van der Waals surface area contributed by atoms with Crippen molar-refractivity contribution in [2.45, 2.75) is 26.4 Å². The van der Waals surface area contributed by atoms with Gasteiger partial charge in [0.05, 0.1) is 12.6 Å². The summed E-state index contributed by atoms with van der Waals surface area (Å²) >= 11 is 0. The normalized spacial score (nSPS) is 25.0. The summed E-state index contributed by atoms with van der Waals surface area (Å²) < 4.78 is 5.10. The van der Waals surface area contributed by atoms with Crippen molar-refractivity contribution in [2.75, 3.05) is 33.7 Å². The predicted molar refractivity (Wildman–Crippen MR) is 101 cm³/mol. The van der Waals surface area contributed by atoms with Crippen LogP contribution in [0.25, 0.3) is 0 Å². The fourth-order valence-corrected chi connectivity index (χ4v) is 4.64. The lowest BCUT2D eigenvalue weighted by atomic mass is 9.88. The number of aromatic nitrogens is 2. The number of aryl methyl sites for hydroxylation is 2. The lowest BCUT2D eigenvalue weighted by Gasteiger charge is -2.32. The molecule has 0 saturated carbocycles. The Kier molecular flexibility index (Phi) is 4.63. The van der Waals surface area contributed by atoms with E-state index >= 15 is 0 Å². The number of hydrogen-bond acceptors (Lipinski definition) is 5. The zero-order valence-electron chi connectivity index (χ0n) is 16.4. The fourth-order valence-electron chi connectivity index (χ4n) is 4.64. The van der Waals surface area contributed by atoms with Gasteiger partial charge in [-0.3, -0.25) is 4.90 Å². The van der Waals surface area contributed by atoms with Gasteiger partial charge in [-0.15, -0.1) is 0 Å². The monoisotopic (exact) mass is 369 g/mol. The molecule has 2 saturated heterocycles. The third-order valence-electron chi connectivity index (χ3n) is 5.81. The summed E-state index contributed by atoms with van der Waals surface area (Å²) in [4.78, 5) is 23.3. The van der Waals surface area contributed by atoms with Crippen molar-refractivity contribution in [1.29, 1.82) is 0 Å². The van der Waals surface area contributed by atoms with Crippen LogP contribution >= 0.6 is 0 Å². The minimum absolute atomic E-state index is 0.0954. The number of nitrogens with zero attached hydrogens (tertiary/aromatic N) is 5. The molecule has 2 amide bonds. The highest BCUT2D eigenvalue weighted by atomic mass is 16.5. The smallest absolute Gasteiger partial charge is 0.320 e. The van der Waals surface area contributed by atoms with E-state index in [2.05, 4.69) is 51.1 Å². The average molecular weight is 369 g/mol. The van der Waals surface area contributed by atoms with Gasteiger partial charge in [-0.05, 0) is 24.0 Å². The van der Waals surface area contributed by atoms with Crippen molar-refractivity contribution in [3.63, 3.8) is 0 Å². The molecule has 1 aromatic heterocycles. The van der Waals surface area contributed by atoms with E-state index < -0.39 is 0 Å². The molecule has 0 spiro atoms. The molecule has 2 aromatic rings. The van der Waals surface area contributed by atoms with Crippen LogP contribution in [0.3, 0.4) is 0 Å². The Bertz CT molecular complexity index is 833. The number of urea groups is 1. The number of fused-ring (bicyclic) bond motifs is 1. The van der Waals surface area contributed by atoms with Gasteiger partial charge in [-0.25, -0.2) is 4.79 Å². The summed E-state index contributed by atoms with van der Waals surface area (Å²) in [5.74, 6) is 2.22. The van der Waals surface area contributed by atoms with Gasteiger partial charge in [0.1, 0.15) is 0 Å². The second-order valence-electron chi connectivity index (χ2n) is 7.98. The molecule has 2 aliphatic heterocycles. The average Bonchev–Trinajstić information content (AvgIpc) is 3.29. The molecular formula is C20H27N5O2. The van der Waals surface area contributed by atoms with Gasteiger partial charge in [0, 0.05) is 46.6 Å². The first kappa shape index (κ1) is 18.0. The molecule has 0 unspecified atom stereocenters. The number of carbonyl (C=O) groups is 1. The van der Waals surface area contributed by atoms with Gasteiger partial charge >= 0.3 is 6.03 Å². The van der Waals surface area contributed by atoms with Crippen molar-refractivity contribution in [3.05, 3.63) is 47.1 Å². The summed E-state index contributed by atoms with van der Waals surface area (Å²) in [5.41, 5.74) is 2.50. The van der Waals surface area contributed by atoms with Crippen LogP contribution in [-0.2, 0) is 6.54 Å². The molecule has 27 heavy (non-hydrogen) atoms. The van der Waals surface area contributed by atoms with Crippen molar-refractivity contribution >= 4 is 6.03 Å². The van der Waals surface area contributed by atoms with E-state index in [0.29, 0.717) is 24.3 Å². The zero-order chi connectivity index (χ0) is 19.1. The molecule has 0 N–H and O–H groups in total. The first-order valence-corrected chi connectivity index (χ1v) is 9.49. The zero-order valence-corrected chi connectivity index (χ0v) is 16.4. The van der Waals surface area contributed by atoms with Crippen LogP contribution in [0.15, 0.2) is 28.8 Å². The Hall–Kier alpha value is -2.41. The van der Waals surface area contributed by atoms with E-state index in [1.807, 2.05) is 21.0 Å². The van der Waals surface area contributed by atoms with Crippen molar-refractivity contribution in [3.8, 4) is 0 Å². The van der Waals surface area contributed by atoms with Crippen LogP contribution in [0.5, 0.6) is 0 Å². The molecule has 2 fully saturated rings. The van der Waals surface area contributed by atoms with Gasteiger partial charge in [-0.1, -0.05) is 29.4 Å². The minimum Gasteiger partial charge on any atom is -0.340 e. The highest BCUT2D eigenvalue weighted by Crippen LogP contribution is 2.46. The Morgan fingerprint density at radius 1 is 1.22 bits per heavy atom. The number of amides is 2.